The highest BCUT2D eigenvalue weighted by atomic mass is 19.4. The van der Waals surface area contributed by atoms with E-state index in [1.807, 2.05) is 12.1 Å². The number of nitrogens with one attached hydrogen (secondary N) is 2. The number of nitrogen functional groups attached to an aromatic ring is 1. The van der Waals surface area contributed by atoms with Crippen molar-refractivity contribution in [2.24, 2.45) is 0 Å². The Balaban J connectivity index is 1.49. The zero-order valence-corrected chi connectivity index (χ0v) is 15.2. The lowest BCUT2D eigenvalue weighted by Gasteiger charge is -2.11. The molecule has 0 unspecified atom stereocenters. The maximum absolute atomic E-state index is 13.8. The van der Waals surface area contributed by atoms with Gasteiger partial charge < -0.3 is 11.1 Å². The summed E-state index contributed by atoms with van der Waals surface area (Å²) in [5.74, 6) is -1.31. The quantitative estimate of drug-likeness (QED) is 0.439. The molecule has 0 atom stereocenters. The van der Waals surface area contributed by atoms with Crippen LogP contribution in [0, 0.1) is 5.82 Å². The van der Waals surface area contributed by atoms with Crippen LogP contribution in [0.3, 0.4) is 0 Å². The first-order chi connectivity index (χ1) is 14.2. The number of nitrogens with zero attached hydrogens (tertiary/aromatic N) is 3. The first-order valence-corrected chi connectivity index (χ1v) is 8.64. The zero-order valence-electron chi connectivity index (χ0n) is 15.2. The van der Waals surface area contributed by atoms with Crippen molar-refractivity contribution in [2.45, 2.75) is 12.7 Å². The second-order valence-electron chi connectivity index (χ2n) is 6.54. The van der Waals surface area contributed by atoms with Gasteiger partial charge in [0.15, 0.2) is 5.82 Å². The van der Waals surface area contributed by atoms with Crippen LogP contribution in [-0.4, -0.2) is 25.9 Å². The molecule has 0 aliphatic rings. The van der Waals surface area contributed by atoms with Crippen LogP contribution < -0.4 is 11.1 Å². The lowest BCUT2D eigenvalue weighted by molar-refractivity contribution is -0.137. The van der Waals surface area contributed by atoms with Crippen LogP contribution in [0.1, 0.15) is 5.56 Å². The lowest BCUT2D eigenvalue weighted by Crippen LogP contribution is -2.20. The fraction of sp³-hybridized carbons (Fsp3) is 0.105. The predicted molar refractivity (Wildman–Crippen MR) is 102 cm³/mol. The van der Waals surface area contributed by atoms with E-state index in [0.29, 0.717) is 29.6 Å². The van der Waals surface area contributed by atoms with Gasteiger partial charge in [-0.1, -0.05) is 6.07 Å². The number of alkyl halides is 3. The van der Waals surface area contributed by atoms with E-state index in [4.69, 9.17) is 5.73 Å². The Hall–Kier alpha value is -3.89. The monoisotopic (exact) mass is 418 g/mol. The summed E-state index contributed by atoms with van der Waals surface area (Å²) >= 11 is 0. The first kappa shape index (κ1) is 19.4. The number of aromatic nitrogens is 4. The Kier molecular flexibility index (Phi) is 4.65. The summed E-state index contributed by atoms with van der Waals surface area (Å²) in [4.78, 5) is 12.2. The fourth-order valence-corrected chi connectivity index (χ4v) is 2.95. The van der Waals surface area contributed by atoms with Crippen molar-refractivity contribution in [3.8, 4) is 11.1 Å². The van der Waals surface area contributed by atoms with Gasteiger partial charge in [-0.3, -0.25) is 14.6 Å². The lowest BCUT2D eigenvalue weighted by atomic mass is 10.1. The Bertz CT molecular complexity index is 1240. The third kappa shape index (κ3) is 3.81. The molecule has 2 heterocycles. The molecule has 0 aliphatic heterocycles. The number of aromatic amines is 1. The fourth-order valence-electron chi connectivity index (χ4n) is 2.95. The molecule has 0 saturated heterocycles. The predicted octanol–water partition coefficient (Wildman–Crippen LogP) is 3.81. The smallest absolute Gasteiger partial charge is 0.382 e. The highest BCUT2D eigenvalue weighted by Gasteiger charge is 2.31. The van der Waals surface area contributed by atoms with Gasteiger partial charge in [0.2, 0.25) is 5.91 Å². The van der Waals surface area contributed by atoms with Gasteiger partial charge in [-0.2, -0.15) is 23.4 Å². The van der Waals surface area contributed by atoms with Gasteiger partial charge in [0.1, 0.15) is 12.4 Å². The zero-order chi connectivity index (χ0) is 21.5. The van der Waals surface area contributed by atoms with E-state index in [1.54, 1.807) is 12.3 Å². The van der Waals surface area contributed by atoms with Gasteiger partial charge in [0.25, 0.3) is 0 Å². The molecule has 0 spiro atoms. The second-order valence-corrected chi connectivity index (χ2v) is 6.54. The average molecular weight is 418 g/mol. The number of hydrogen-bond donors (Lipinski definition) is 3. The number of hydrogen-bond acceptors (Lipinski definition) is 4. The number of halogens is 4. The highest BCUT2D eigenvalue weighted by Crippen LogP contribution is 2.32. The molecule has 2 aromatic heterocycles. The summed E-state index contributed by atoms with van der Waals surface area (Å²) in [7, 11) is 0. The molecular weight excluding hydrogens is 404 g/mol. The molecule has 30 heavy (non-hydrogen) atoms. The Morgan fingerprint density at radius 2 is 1.97 bits per heavy atom. The first-order valence-electron chi connectivity index (χ1n) is 8.64. The molecular formula is C19H14F4N6O. The molecule has 0 bridgehead atoms. The van der Waals surface area contributed by atoms with Crippen molar-refractivity contribution < 1.29 is 22.4 Å². The van der Waals surface area contributed by atoms with Crippen molar-refractivity contribution in [1.29, 1.82) is 0 Å². The largest absolute Gasteiger partial charge is 0.416 e. The van der Waals surface area contributed by atoms with Crippen molar-refractivity contribution in [2.75, 3.05) is 11.1 Å². The highest BCUT2D eigenvalue weighted by molar-refractivity contribution is 5.92. The standard InChI is InChI=1S/C19H14F4N6O/c20-14-4-2-12(19(21,22)23)6-16(14)26-17(30)9-29-8-11(7-25-29)10-1-3-13-15(5-10)27-28-18(13)24/h1-8H,9H2,(H,26,30)(H3,24,27,28). The van der Waals surface area contributed by atoms with Crippen LogP contribution in [0.2, 0.25) is 0 Å². The maximum atomic E-state index is 13.8. The third-order valence-electron chi connectivity index (χ3n) is 4.43. The van der Waals surface area contributed by atoms with Crippen LogP contribution in [-0.2, 0) is 17.5 Å². The van der Waals surface area contributed by atoms with Crippen molar-refractivity contribution in [1.82, 2.24) is 20.0 Å². The molecule has 0 radical (unpaired) electrons. The average Bonchev–Trinajstić information content (AvgIpc) is 3.29. The molecule has 4 aromatic rings. The van der Waals surface area contributed by atoms with Crippen LogP contribution >= 0.6 is 0 Å². The third-order valence-corrected chi connectivity index (χ3v) is 4.43. The summed E-state index contributed by atoms with van der Waals surface area (Å²) in [6.45, 7) is -0.311. The molecule has 4 N–H and O–H groups in total. The van der Waals surface area contributed by atoms with E-state index in [1.165, 1.54) is 10.9 Å². The van der Waals surface area contributed by atoms with Crippen molar-refractivity contribution in [3.05, 3.63) is 60.2 Å². The van der Waals surface area contributed by atoms with Crippen molar-refractivity contribution in [3.63, 3.8) is 0 Å². The molecule has 0 aliphatic carbocycles. The number of fused-ring (bicyclic) bond motifs is 1. The number of anilines is 2. The molecule has 4 rings (SSSR count). The number of amides is 1. The van der Waals surface area contributed by atoms with E-state index < -0.39 is 29.2 Å². The van der Waals surface area contributed by atoms with E-state index in [-0.39, 0.29) is 6.54 Å². The molecule has 7 nitrogen and oxygen atoms in total. The van der Waals surface area contributed by atoms with Gasteiger partial charge >= 0.3 is 6.18 Å². The van der Waals surface area contributed by atoms with Gasteiger partial charge in [-0.15, -0.1) is 0 Å². The maximum Gasteiger partial charge on any atom is 0.416 e. The number of carbonyl (C=O) groups excluding carboxylic acids is 1. The Morgan fingerprint density at radius 1 is 1.17 bits per heavy atom. The van der Waals surface area contributed by atoms with Gasteiger partial charge in [-0.05, 0) is 35.9 Å². The van der Waals surface area contributed by atoms with Gasteiger partial charge in [0.05, 0.1) is 23.0 Å². The molecule has 1 amide bonds. The number of H-pyrrole nitrogens is 1. The number of rotatable bonds is 4. The SMILES string of the molecule is Nc1n[nH]c2cc(-c3cnn(CC(=O)Nc4cc(C(F)(F)F)ccc4F)c3)ccc12. The van der Waals surface area contributed by atoms with E-state index in [9.17, 15) is 22.4 Å². The van der Waals surface area contributed by atoms with Crippen molar-refractivity contribution >= 4 is 28.3 Å². The normalized spacial score (nSPS) is 11.7. The molecule has 0 fully saturated rings. The van der Waals surface area contributed by atoms with Crippen LogP contribution in [0.4, 0.5) is 29.1 Å². The summed E-state index contributed by atoms with van der Waals surface area (Å²) in [6.07, 6.45) is -1.54. The van der Waals surface area contributed by atoms with E-state index in [0.717, 1.165) is 16.5 Å². The topological polar surface area (TPSA) is 102 Å². The Labute approximate surface area is 166 Å². The number of carbonyl (C=O) groups is 1. The molecule has 2 aromatic carbocycles. The minimum absolute atomic E-state index is 0.311. The number of nitrogens with two attached hydrogens (primary N) is 1. The van der Waals surface area contributed by atoms with E-state index in [2.05, 4.69) is 20.6 Å². The Morgan fingerprint density at radius 3 is 2.73 bits per heavy atom. The summed E-state index contributed by atoms with van der Waals surface area (Å²) in [5, 5.41) is 13.7. The molecule has 0 saturated carbocycles. The van der Waals surface area contributed by atoms with Crippen LogP contribution in [0.15, 0.2) is 48.8 Å². The van der Waals surface area contributed by atoms with Gasteiger partial charge in [0, 0.05) is 17.1 Å². The number of benzene rings is 2. The second kappa shape index (κ2) is 7.17. The molecule has 154 valence electrons. The van der Waals surface area contributed by atoms with Crippen LogP contribution in [0.25, 0.3) is 22.0 Å². The van der Waals surface area contributed by atoms with Crippen LogP contribution in [0.5, 0.6) is 0 Å². The summed E-state index contributed by atoms with van der Waals surface area (Å²) < 4.78 is 53.4. The van der Waals surface area contributed by atoms with Gasteiger partial charge in [-0.25, -0.2) is 4.39 Å². The minimum Gasteiger partial charge on any atom is -0.382 e. The molecule has 11 heteroatoms. The minimum atomic E-state index is -4.65. The summed E-state index contributed by atoms with van der Waals surface area (Å²) in [6, 6.07) is 7.24. The van der Waals surface area contributed by atoms with E-state index >= 15 is 0 Å². The summed E-state index contributed by atoms with van der Waals surface area (Å²) in [5.41, 5.74) is 6.35.